The number of ether oxygens (including phenoxy) is 1. The summed E-state index contributed by atoms with van der Waals surface area (Å²) in [4.78, 5) is 26.5. The number of carbonyl (C=O) groups excluding carboxylic acids is 2. The minimum Gasteiger partial charge on any atom is -0.479 e. The zero-order valence-electron chi connectivity index (χ0n) is 15.0. The molecule has 2 amide bonds. The molecule has 0 saturated heterocycles. The summed E-state index contributed by atoms with van der Waals surface area (Å²) >= 11 is 6.24. The van der Waals surface area contributed by atoms with Gasteiger partial charge in [0.2, 0.25) is 5.91 Å². The fourth-order valence-corrected chi connectivity index (χ4v) is 3.45. The van der Waals surface area contributed by atoms with E-state index in [0.29, 0.717) is 22.1 Å². The van der Waals surface area contributed by atoms with Gasteiger partial charge in [-0.05, 0) is 50.1 Å². The lowest BCUT2D eigenvalue weighted by Gasteiger charge is -2.32. The van der Waals surface area contributed by atoms with E-state index in [-0.39, 0.29) is 24.8 Å². The molecule has 5 nitrogen and oxygen atoms in total. The Morgan fingerprint density at radius 3 is 2.73 bits per heavy atom. The van der Waals surface area contributed by atoms with Gasteiger partial charge in [0.05, 0.1) is 16.4 Å². The molecular formula is C20H21ClN2O3. The molecule has 0 radical (unpaired) electrons. The average Bonchev–Trinajstić information content (AvgIpc) is 2.58. The highest BCUT2D eigenvalue weighted by Crippen LogP contribution is 2.33. The molecule has 1 aliphatic rings. The predicted octanol–water partition coefficient (Wildman–Crippen LogP) is 4.10. The summed E-state index contributed by atoms with van der Waals surface area (Å²) in [6.07, 6.45) is -0.405. The summed E-state index contributed by atoms with van der Waals surface area (Å²) in [6.45, 7) is 5.84. The molecule has 0 fully saturated rings. The van der Waals surface area contributed by atoms with Crippen LogP contribution in [0, 0.1) is 13.8 Å². The Hall–Kier alpha value is -2.53. The highest BCUT2D eigenvalue weighted by Gasteiger charge is 2.31. The number of benzene rings is 2. The van der Waals surface area contributed by atoms with Crippen LogP contribution in [0.5, 0.6) is 5.75 Å². The van der Waals surface area contributed by atoms with Crippen LogP contribution in [-0.4, -0.2) is 24.5 Å². The summed E-state index contributed by atoms with van der Waals surface area (Å²) in [5.41, 5.74) is 3.25. The molecule has 3 rings (SSSR count). The maximum Gasteiger partial charge on any atom is 0.267 e. The van der Waals surface area contributed by atoms with Gasteiger partial charge >= 0.3 is 0 Å². The van der Waals surface area contributed by atoms with Gasteiger partial charge in [-0.25, -0.2) is 0 Å². The van der Waals surface area contributed by atoms with Gasteiger partial charge in [0.15, 0.2) is 6.10 Å². The number of rotatable bonds is 4. The highest BCUT2D eigenvalue weighted by molar-refractivity contribution is 6.34. The zero-order valence-corrected chi connectivity index (χ0v) is 15.8. The van der Waals surface area contributed by atoms with E-state index in [4.69, 9.17) is 16.3 Å². The lowest BCUT2D eigenvalue weighted by atomic mass is 10.1. The third kappa shape index (κ3) is 3.68. The standard InChI is InChI=1S/C20H21ClN2O3/c1-12-10-13(2)19(15(21)11-12)22-18(24)8-9-23-16-6-4-5-7-17(16)26-14(3)20(23)25/h4-7,10-11,14H,8-9H2,1-3H3,(H,22,24)/t14-/m1/s1. The number of amides is 2. The minimum atomic E-state index is -0.568. The molecular weight excluding hydrogens is 352 g/mol. The Labute approximate surface area is 157 Å². The van der Waals surface area contributed by atoms with Crippen molar-refractivity contribution in [3.05, 3.63) is 52.5 Å². The van der Waals surface area contributed by atoms with Crippen LogP contribution in [0.2, 0.25) is 5.02 Å². The molecule has 1 atom stereocenters. The van der Waals surface area contributed by atoms with Crippen molar-refractivity contribution in [1.82, 2.24) is 0 Å². The van der Waals surface area contributed by atoms with Crippen molar-refractivity contribution in [2.45, 2.75) is 33.3 Å². The van der Waals surface area contributed by atoms with Gasteiger partial charge in [0.1, 0.15) is 5.75 Å². The second kappa shape index (κ2) is 7.38. The van der Waals surface area contributed by atoms with E-state index in [2.05, 4.69) is 5.32 Å². The largest absolute Gasteiger partial charge is 0.479 e. The average molecular weight is 373 g/mol. The molecule has 0 aliphatic carbocycles. The van der Waals surface area contributed by atoms with Crippen LogP contribution in [0.1, 0.15) is 24.5 Å². The predicted molar refractivity (Wildman–Crippen MR) is 103 cm³/mol. The van der Waals surface area contributed by atoms with Crippen molar-refractivity contribution in [3.63, 3.8) is 0 Å². The van der Waals surface area contributed by atoms with Crippen molar-refractivity contribution in [1.29, 1.82) is 0 Å². The monoisotopic (exact) mass is 372 g/mol. The second-order valence-electron chi connectivity index (χ2n) is 6.45. The normalized spacial score (nSPS) is 16.1. The van der Waals surface area contributed by atoms with Crippen molar-refractivity contribution in [2.24, 2.45) is 0 Å². The van der Waals surface area contributed by atoms with Crippen LogP contribution in [-0.2, 0) is 9.59 Å². The molecule has 1 N–H and O–H groups in total. The van der Waals surface area contributed by atoms with E-state index in [1.165, 1.54) is 0 Å². The van der Waals surface area contributed by atoms with Crippen LogP contribution in [0.15, 0.2) is 36.4 Å². The van der Waals surface area contributed by atoms with Gasteiger partial charge in [-0.15, -0.1) is 0 Å². The molecule has 2 aromatic carbocycles. The Balaban J connectivity index is 1.71. The Morgan fingerprint density at radius 2 is 2.00 bits per heavy atom. The third-order valence-electron chi connectivity index (χ3n) is 4.33. The van der Waals surface area contributed by atoms with E-state index < -0.39 is 6.10 Å². The Bertz CT molecular complexity index is 843. The van der Waals surface area contributed by atoms with E-state index in [1.807, 2.05) is 50.2 Å². The highest BCUT2D eigenvalue weighted by atomic mass is 35.5. The minimum absolute atomic E-state index is 0.152. The molecule has 6 heteroatoms. The Morgan fingerprint density at radius 1 is 1.27 bits per heavy atom. The lowest BCUT2D eigenvalue weighted by Crippen LogP contribution is -2.45. The number of carbonyl (C=O) groups is 2. The summed E-state index contributed by atoms with van der Waals surface area (Å²) in [5.74, 6) is 0.307. The maximum absolute atomic E-state index is 12.5. The first-order valence-corrected chi connectivity index (χ1v) is 8.88. The first kappa shape index (κ1) is 18.3. The van der Waals surface area contributed by atoms with E-state index >= 15 is 0 Å². The molecule has 1 heterocycles. The fourth-order valence-electron chi connectivity index (χ4n) is 3.08. The van der Waals surface area contributed by atoms with Crippen LogP contribution in [0.3, 0.4) is 0 Å². The van der Waals surface area contributed by atoms with Crippen molar-refractivity contribution in [2.75, 3.05) is 16.8 Å². The molecule has 2 aromatic rings. The van der Waals surface area contributed by atoms with Crippen molar-refractivity contribution >= 4 is 34.8 Å². The first-order valence-electron chi connectivity index (χ1n) is 8.50. The quantitative estimate of drug-likeness (QED) is 0.879. The van der Waals surface area contributed by atoms with Gasteiger partial charge in [-0.2, -0.15) is 0 Å². The molecule has 1 aliphatic heterocycles. The van der Waals surface area contributed by atoms with Gasteiger partial charge in [0.25, 0.3) is 5.91 Å². The van der Waals surface area contributed by atoms with Crippen molar-refractivity contribution < 1.29 is 14.3 Å². The molecule has 0 bridgehead atoms. The topological polar surface area (TPSA) is 58.6 Å². The summed E-state index contributed by atoms with van der Waals surface area (Å²) < 4.78 is 5.61. The van der Waals surface area contributed by atoms with Gasteiger partial charge in [-0.3, -0.25) is 9.59 Å². The van der Waals surface area contributed by atoms with Gasteiger partial charge in [0, 0.05) is 13.0 Å². The van der Waals surface area contributed by atoms with E-state index in [0.717, 1.165) is 11.1 Å². The van der Waals surface area contributed by atoms with Crippen LogP contribution in [0.25, 0.3) is 0 Å². The summed E-state index contributed by atoms with van der Waals surface area (Å²) in [6, 6.07) is 11.1. The third-order valence-corrected chi connectivity index (χ3v) is 4.63. The number of hydrogen-bond donors (Lipinski definition) is 1. The molecule has 0 spiro atoms. The smallest absolute Gasteiger partial charge is 0.267 e. The Kier molecular flexibility index (Phi) is 5.18. The van der Waals surface area contributed by atoms with Crippen molar-refractivity contribution in [3.8, 4) is 5.75 Å². The SMILES string of the molecule is Cc1cc(C)c(NC(=O)CCN2C(=O)[C@@H](C)Oc3ccccc32)c(Cl)c1. The number of halogens is 1. The number of hydrogen-bond acceptors (Lipinski definition) is 3. The number of nitrogens with one attached hydrogen (secondary N) is 1. The van der Waals surface area contributed by atoms with Crippen LogP contribution in [0.4, 0.5) is 11.4 Å². The summed E-state index contributed by atoms with van der Waals surface area (Å²) in [5, 5.41) is 3.37. The molecule has 0 aromatic heterocycles. The second-order valence-corrected chi connectivity index (χ2v) is 6.86. The molecule has 26 heavy (non-hydrogen) atoms. The zero-order chi connectivity index (χ0) is 18.8. The number of anilines is 2. The number of fused-ring (bicyclic) bond motifs is 1. The molecule has 136 valence electrons. The number of nitrogens with zero attached hydrogens (tertiary/aromatic N) is 1. The summed E-state index contributed by atoms with van der Waals surface area (Å²) in [7, 11) is 0. The maximum atomic E-state index is 12.5. The van der Waals surface area contributed by atoms with Gasteiger partial charge < -0.3 is 15.0 Å². The van der Waals surface area contributed by atoms with Gasteiger partial charge in [-0.1, -0.05) is 29.8 Å². The number of para-hydroxylation sites is 2. The molecule has 0 unspecified atom stereocenters. The van der Waals surface area contributed by atoms with Crippen LogP contribution < -0.4 is 15.0 Å². The number of aryl methyl sites for hydroxylation is 2. The fraction of sp³-hybridized carbons (Fsp3) is 0.300. The van der Waals surface area contributed by atoms with E-state index in [1.54, 1.807) is 11.8 Å². The van der Waals surface area contributed by atoms with Crippen LogP contribution >= 0.6 is 11.6 Å². The van der Waals surface area contributed by atoms with E-state index in [9.17, 15) is 9.59 Å². The molecule has 0 saturated carbocycles. The lowest BCUT2D eigenvalue weighted by molar-refractivity contribution is -0.125. The first-order chi connectivity index (χ1) is 12.4.